The Kier molecular flexibility index (Phi) is 6.76. The molecule has 39 heavy (non-hydrogen) atoms. The molecule has 1 aliphatic rings. The van der Waals surface area contributed by atoms with E-state index in [4.69, 9.17) is 9.47 Å². The topological polar surface area (TPSA) is 135 Å². The van der Waals surface area contributed by atoms with E-state index in [9.17, 15) is 24.8 Å². The molecular weight excluding hydrogens is 502 g/mol. The summed E-state index contributed by atoms with van der Waals surface area (Å²) in [7, 11) is 3.08. The highest BCUT2D eigenvalue weighted by Gasteiger charge is 2.46. The molecule has 2 N–H and O–H groups in total. The number of nitro benzene ring substituents is 1. The number of aromatic nitrogens is 1. The number of para-hydroxylation sites is 1. The van der Waals surface area contributed by atoms with Gasteiger partial charge in [-0.05, 0) is 48.4 Å². The predicted octanol–water partition coefficient (Wildman–Crippen LogP) is 4.76. The summed E-state index contributed by atoms with van der Waals surface area (Å²) in [5.74, 6) is -0.880. The Hall–Kier alpha value is -5.12. The van der Waals surface area contributed by atoms with Crippen molar-refractivity contribution >= 4 is 34.0 Å². The largest absolute Gasteiger partial charge is 0.507 e. The molecule has 0 saturated carbocycles. The highest BCUT2D eigenvalue weighted by Crippen LogP contribution is 2.43. The van der Waals surface area contributed by atoms with Gasteiger partial charge in [0.25, 0.3) is 17.4 Å². The second-order valence-electron chi connectivity index (χ2n) is 9.01. The van der Waals surface area contributed by atoms with Gasteiger partial charge in [-0.15, -0.1) is 0 Å². The number of Topliss-reactive ketones (excluding diaryl/α,β-unsaturated/α-hetero) is 1. The molecule has 0 bridgehead atoms. The van der Waals surface area contributed by atoms with E-state index in [2.05, 4.69) is 4.98 Å². The number of likely N-dealkylation sites (tertiary alicyclic amines) is 1. The number of nitrogens with zero attached hydrogens (tertiary/aromatic N) is 2. The van der Waals surface area contributed by atoms with E-state index in [0.717, 1.165) is 16.5 Å². The molecule has 1 amide bonds. The van der Waals surface area contributed by atoms with Gasteiger partial charge in [-0.1, -0.05) is 18.2 Å². The van der Waals surface area contributed by atoms with Crippen molar-refractivity contribution in [3.8, 4) is 11.5 Å². The Bertz CT molecular complexity index is 1620. The summed E-state index contributed by atoms with van der Waals surface area (Å²) in [6.45, 7) is 0.175. The maximum Gasteiger partial charge on any atom is 0.295 e. The number of benzene rings is 3. The zero-order valence-corrected chi connectivity index (χ0v) is 21.2. The standard InChI is InChI=1S/C29H25N3O7/c1-38-20-11-12-23-22(15-20)18(16-30-23)13-14-31-26(21-5-3-4-6-24(21)39-2)25(28(34)29(31)35)27(33)17-7-9-19(10-8-17)32(36)37/h3-12,15-16,26,30,33H,13-14H2,1-2H3/t26-/m1/s1. The van der Waals surface area contributed by atoms with E-state index in [1.165, 1.54) is 36.3 Å². The Morgan fingerprint density at radius 1 is 1.05 bits per heavy atom. The minimum Gasteiger partial charge on any atom is -0.507 e. The summed E-state index contributed by atoms with van der Waals surface area (Å²) in [5, 5.41) is 23.3. The van der Waals surface area contributed by atoms with Gasteiger partial charge in [-0.25, -0.2) is 0 Å². The van der Waals surface area contributed by atoms with Crippen molar-refractivity contribution in [3.05, 3.63) is 105 Å². The lowest BCUT2D eigenvalue weighted by Crippen LogP contribution is -2.31. The summed E-state index contributed by atoms with van der Waals surface area (Å²) >= 11 is 0. The van der Waals surface area contributed by atoms with Crippen LogP contribution in [0.5, 0.6) is 11.5 Å². The van der Waals surface area contributed by atoms with Gasteiger partial charge in [-0.3, -0.25) is 19.7 Å². The van der Waals surface area contributed by atoms with Gasteiger partial charge < -0.3 is 24.5 Å². The number of ketones is 1. The number of amides is 1. The first-order valence-electron chi connectivity index (χ1n) is 12.1. The van der Waals surface area contributed by atoms with Gasteiger partial charge in [0, 0.05) is 46.9 Å². The fourth-order valence-electron chi connectivity index (χ4n) is 4.96. The molecule has 0 radical (unpaired) electrons. The Labute approximate surface area is 223 Å². The minimum absolute atomic E-state index is 0.112. The number of aliphatic hydroxyl groups is 1. The van der Waals surface area contributed by atoms with Crippen LogP contribution >= 0.6 is 0 Å². The first-order valence-corrected chi connectivity index (χ1v) is 12.1. The van der Waals surface area contributed by atoms with Crippen molar-refractivity contribution in [2.45, 2.75) is 12.5 Å². The molecule has 1 fully saturated rings. The molecule has 3 aromatic carbocycles. The van der Waals surface area contributed by atoms with E-state index in [0.29, 0.717) is 23.5 Å². The third-order valence-corrected chi connectivity index (χ3v) is 6.92. The van der Waals surface area contributed by atoms with E-state index in [-0.39, 0.29) is 23.4 Å². The lowest BCUT2D eigenvalue weighted by molar-refractivity contribution is -0.384. The van der Waals surface area contributed by atoms with Crippen molar-refractivity contribution in [1.29, 1.82) is 0 Å². The summed E-state index contributed by atoms with van der Waals surface area (Å²) < 4.78 is 10.9. The van der Waals surface area contributed by atoms with Crippen molar-refractivity contribution in [1.82, 2.24) is 9.88 Å². The molecule has 0 unspecified atom stereocenters. The average molecular weight is 528 g/mol. The van der Waals surface area contributed by atoms with Crippen LogP contribution in [0.25, 0.3) is 16.7 Å². The van der Waals surface area contributed by atoms with Crippen LogP contribution in [0.1, 0.15) is 22.7 Å². The molecule has 1 atom stereocenters. The predicted molar refractivity (Wildman–Crippen MR) is 144 cm³/mol. The van der Waals surface area contributed by atoms with Gasteiger partial charge >= 0.3 is 0 Å². The Morgan fingerprint density at radius 2 is 1.79 bits per heavy atom. The highest BCUT2D eigenvalue weighted by molar-refractivity contribution is 6.46. The number of non-ortho nitro benzene ring substituents is 1. The maximum absolute atomic E-state index is 13.4. The molecule has 1 saturated heterocycles. The highest BCUT2D eigenvalue weighted by atomic mass is 16.6. The molecule has 1 aliphatic heterocycles. The van der Waals surface area contributed by atoms with Crippen LogP contribution in [0.15, 0.2) is 78.5 Å². The van der Waals surface area contributed by atoms with Gasteiger partial charge in [0.1, 0.15) is 17.3 Å². The third kappa shape index (κ3) is 4.56. The molecule has 2 heterocycles. The summed E-state index contributed by atoms with van der Waals surface area (Å²) in [5.41, 5.74) is 2.28. The number of hydrogen-bond donors (Lipinski definition) is 2. The number of fused-ring (bicyclic) bond motifs is 1. The molecule has 0 aliphatic carbocycles. The van der Waals surface area contributed by atoms with Gasteiger partial charge in [0.05, 0.1) is 30.8 Å². The molecule has 10 nitrogen and oxygen atoms in total. The van der Waals surface area contributed by atoms with E-state index in [1.807, 2.05) is 24.4 Å². The van der Waals surface area contributed by atoms with E-state index in [1.54, 1.807) is 31.4 Å². The number of aromatic amines is 1. The summed E-state index contributed by atoms with van der Waals surface area (Å²) in [6, 6.07) is 16.9. The lowest BCUT2D eigenvalue weighted by atomic mass is 9.94. The average Bonchev–Trinajstić information content (AvgIpc) is 3.48. The van der Waals surface area contributed by atoms with Crippen molar-refractivity contribution in [2.75, 3.05) is 20.8 Å². The fourth-order valence-corrected chi connectivity index (χ4v) is 4.96. The molecule has 198 valence electrons. The van der Waals surface area contributed by atoms with Crippen molar-refractivity contribution in [3.63, 3.8) is 0 Å². The van der Waals surface area contributed by atoms with E-state index >= 15 is 0 Å². The van der Waals surface area contributed by atoms with Gasteiger partial charge in [0.15, 0.2) is 0 Å². The number of rotatable bonds is 8. The van der Waals surface area contributed by atoms with Gasteiger partial charge in [0.2, 0.25) is 0 Å². The van der Waals surface area contributed by atoms with E-state index < -0.39 is 28.4 Å². The molecule has 0 spiro atoms. The summed E-state index contributed by atoms with van der Waals surface area (Å²) in [4.78, 5) is 41.9. The number of carbonyl (C=O) groups is 2. The minimum atomic E-state index is -0.934. The maximum atomic E-state index is 13.4. The first kappa shape index (κ1) is 25.5. The number of aliphatic hydroxyl groups excluding tert-OH is 1. The van der Waals surface area contributed by atoms with Crippen molar-refractivity contribution < 1.29 is 29.1 Å². The van der Waals surface area contributed by atoms with Crippen LogP contribution in [0.4, 0.5) is 5.69 Å². The van der Waals surface area contributed by atoms with Crippen LogP contribution < -0.4 is 9.47 Å². The first-order chi connectivity index (χ1) is 18.8. The number of H-pyrrole nitrogens is 1. The monoisotopic (exact) mass is 527 g/mol. The second-order valence-corrected chi connectivity index (χ2v) is 9.01. The number of hydrogen-bond acceptors (Lipinski definition) is 7. The van der Waals surface area contributed by atoms with Crippen LogP contribution in [-0.4, -0.2) is 52.4 Å². The van der Waals surface area contributed by atoms with Crippen LogP contribution in [0.2, 0.25) is 0 Å². The van der Waals surface area contributed by atoms with Crippen LogP contribution in [0.3, 0.4) is 0 Å². The third-order valence-electron chi connectivity index (χ3n) is 6.92. The second kappa shape index (κ2) is 10.3. The molecule has 10 heteroatoms. The number of carbonyl (C=O) groups excluding carboxylic acids is 2. The smallest absolute Gasteiger partial charge is 0.295 e. The zero-order chi connectivity index (χ0) is 27.7. The Balaban J connectivity index is 1.58. The molecular formula is C29H25N3O7. The lowest BCUT2D eigenvalue weighted by Gasteiger charge is -2.26. The number of ether oxygens (including phenoxy) is 2. The fraction of sp³-hybridized carbons (Fsp3) is 0.172. The molecule has 4 aromatic rings. The summed E-state index contributed by atoms with van der Waals surface area (Å²) in [6.07, 6.45) is 2.28. The SMILES string of the molecule is COc1ccc2[nH]cc(CCN3C(=O)C(=O)C(=C(O)c4ccc([N+](=O)[O-])cc4)[C@H]3c3ccccc3OC)c2c1. The van der Waals surface area contributed by atoms with Crippen LogP contribution in [0, 0.1) is 10.1 Å². The van der Waals surface area contributed by atoms with Gasteiger partial charge in [-0.2, -0.15) is 0 Å². The molecule has 1 aromatic heterocycles. The molecule has 5 rings (SSSR count). The normalized spacial score (nSPS) is 16.6. The van der Waals surface area contributed by atoms with Crippen LogP contribution in [-0.2, 0) is 16.0 Å². The number of methoxy groups -OCH3 is 2. The van der Waals surface area contributed by atoms with Crippen molar-refractivity contribution in [2.24, 2.45) is 0 Å². The number of nitrogens with one attached hydrogen (secondary N) is 1. The Morgan fingerprint density at radius 3 is 2.49 bits per heavy atom. The zero-order valence-electron chi connectivity index (χ0n) is 21.2. The number of nitro groups is 1. The quantitative estimate of drug-likeness (QED) is 0.111.